The first-order chi connectivity index (χ1) is 11.8. The van der Waals surface area contributed by atoms with Crippen molar-refractivity contribution in [1.82, 2.24) is 29.2 Å². The van der Waals surface area contributed by atoms with Gasteiger partial charge in [-0.05, 0) is 38.8 Å². The van der Waals surface area contributed by atoms with Gasteiger partial charge in [0, 0.05) is 51.3 Å². The molecule has 4 rings (SSSR count). The van der Waals surface area contributed by atoms with Gasteiger partial charge in [0.25, 0.3) is 0 Å². The van der Waals surface area contributed by atoms with Crippen molar-refractivity contribution in [3.8, 4) is 0 Å². The molecular formula is C18H28N6. The Balaban J connectivity index is 1.33. The van der Waals surface area contributed by atoms with Crippen LogP contribution in [0, 0.1) is 0 Å². The maximum atomic E-state index is 4.57. The zero-order valence-corrected chi connectivity index (χ0v) is 14.7. The number of likely N-dealkylation sites (tertiary alicyclic amines) is 1. The number of aromatic nitrogens is 5. The van der Waals surface area contributed by atoms with Crippen molar-refractivity contribution >= 4 is 0 Å². The lowest BCUT2D eigenvalue weighted by atomic mass is 9.95. The van der Waals surface area contributed by atoms with Crippen LogP contribution < -0.4 is 0 Å². The topological polar surface area (TPSA) is 51.8 Å². The number of hydrogen-bond acceptors (Lipinski definition) is 4. The molecule has 6 nitrogen and oxygen atoms in total. The number of aryl methyl sites for hydroxylation is 2. The van der Waals surface area contributed by atoms with Crippen LogP contribution in [0.1, 0.15) is 55.5 Å². The molecule has 0 aromatic carbocycles. The standard InChI is InChI=1S/C18H28N6/c1-22-14-9-19-16(22)8-13-23-11-6-15(7-12-23)18-21-20-17-5-3-2-4-10-24(17)18/h9,14-15H,2-8,10-13H2,1H3. The van der Waals surface area contributed by atoms with Crippen LogP contribution >= 0.6 is 0 Å². The molecule has 0 saturated carbocycles. The van der Waals surface area contributed by atoms with E-state index in [0.29, 0.717) is 5.92 Å². The summed E-state index contributed by atoms with van der Waals surface area (Å²) in [5, 5.41) is 9.05. The molecule has 0 radical (unpaired) electrons. The third-order valence-corrected chi connectivity index (χ3v) is 5.66. The van der Waals surface area contributed by atoms with Crippen LogP contribution in [0.5, 0.6) is 0 Å². The largest absolute Gasteiger partial charge is 0.338 e. The highest BCUT2D eigenvalue weighted by atomic mass is 15.3. The molecule has 0 unspecified atom stereocenters. The predicted octanol–water partition coefficient (Wildman–Crippen LogP) is 2.16. The summed E-state index contributed by atoms with van der Waals surface area (Å²) in [6.07, 6.45) is 12.3. The Kier molecular flexibility index (Phi) is 4.65. The third kappa shape index (κ3) is 3.24. The van der Waals surface area contributed by atoms with E-state index in [1.54, 1.807) is 0 Å². The van der Waals surface area contributed by atoms with Gasteiger partial charge < -0.3 is 14.0 Å². The Morgan fingerprint density at radius 2 is 1.96 bits per heavy atom. The van der Waals surface area contributed by atoms with Gasteiger partial charge in [-0.25, -0.2) is 4.98 Å². The molecule has 2 aliphatic rings. The minimum absolute atomic E-state index is 0.591. The van der Waals surface area contributed by atoms with E-state index in [0.717, 1.165) is 39.0 Å². The SMILES string of the molecule is Cn1ccnc1CCN1CCC(c2nnc3n2CCCCC3)CC1. The minimum Gasteiger partial charge on any atom is -0.338 e. The van der Waals surface area contributed by atoms with Crippen molar-refractivity contribution in [2.75, 3.05) is 19.6 Å². The molecule has 1 fully saturated rings. The summed E-state index contributed by atoms with van der Waals surface area (Å²) in [6, 6.07) is 0. The Morgan fingerprint density at radius 1 is 1.08 bits per heavy atom. The van der Waals surface area contributed by atoms with Gasteiger partial charge in [0.15, 0.2) is 0 Å². The van der Waals surface area contributed by atoms with Crippen LogP contribution in [0.15, 0.2) is 12.4 Å². The number of piperidine rings is 1. The van der Waals surface area contributed by atoms with Gasteiger partial charge in [-0.1, -0.05) is 6.42 Å². The summed E-state index contributed by atoms with van der Waals surface area (Å²) in [4.78, 5) is 7.00. The second kappa shape index (κ2) is 7.05. The van der Waals surface area contributed by atoms with Crippen LogP contribution in [-0.2, 0) is 26.4 Å². The number of hydrogen-bond donors (Lipinski definition) is 0. The summed E-state index contributed by atoms with van der Waals surface area (Å²) >= 11 is 0. The van der Waals surface area contributed by atoms with Crippen molar-refractivity contribution < 1.29 is 0 Å². The van der Waals surface area contributed by atoms with E-state index in [1.807, 2.05) is 12.4 Å². The van der Waals surface area contributed by atoms with Crippen LogP contribution in [0.2, 0.25) is 0 Å². The molecule has 1 saturated heterocycles. The molecule has 2 aromatic heterocycles. The van der Waals surface area contributed by atoms with Crippen molar-refractivity contribution in [3.63, 3.8) is 0 Å². The first kappa shape index (κ1) is 15.8. The van der Waals surface area contributed by atoms with Crippen molar-refractivity contribution in [3.05, 3.63) is 29.9 Å². The molecule has 0 aliphatic carbocycles. The first-order valence-corrected chi connectivity index (χ1v) is 9.42. The fourth-order valence-corrected chi connectivity index (χ4v) is 4.12. The summed E-state index contributed by atoms with van der Waals surface area (Å²) in [5.41, 5.74) is 0. The first-order valence-electron chi connectivity index (χ1n) is 9.42. The van der Waals surface area contributed by atoms with Gasteiger partial charge in [-0.3, -0.25) is 0 Å². The summed E-state index contributed by atoms with van der Waals surface area (Å²) in [5.74, 6) is 4.25. The van der Waals surface area contributed by atoms with E-state index in [2.05, 4.69) is 36.3 Å². The molecule has 2 aromatic rings. The van der Waals surface area contributed by atoms with Crippen LogP contribution in [0.4, 0.5) is 0 Å². The van der Waals surface area contributed by atoms with Gasteiger partial charge in [0.1, 0.15) is 17.5 Å². The lowest BCUT2D eigenvalue weighted by Gasteiger charge is -2.31. The van der Waals surface area contributed by atoms with E-state index in [4.69, 9.17) is 0 Å². The molecule has 2 aliphatic heterocycles. The number of imidazole rings is 1. The number of fused-ring (bicyclic) bond motifs is 1. The van der Waals surface area contributed by atoms with Crippen molar-refractivity contribution in [2.24, 2.45) is 7.05 Å². The average molecular weight is 328 g/mol. The highest BCUT2D eigenvalue weighted by Crippen LogP contribution is 2.28. The van der Waals surface area contributed by atoms with Gasteiger partial charge in [0.2, 0.25) is 0 Å². The summed E-state index contributed by atoms with van der Waals surface area (Å²) in [6.45, 7) is 4.56. The van der Waals surface area contributed by atoms with Gasteiger partial charge in [-0.15, -0.1) is 10.2 Å². The Bertz CT molecular complexity index is 665. The Morgan fingerprint density at radius 3 is 2.75 bits per heavy atom. The van der Waals surface area contributed by atoms with E-state index in [1.165, 1.54) is 49.6 Å². The fraction of sp³-hybridized carbons (Fsp3) is 0.722. The second-order valence-corrected chi connectivity index (χ2v) is 7.26. The fourth-order valence-electron chi connectivity index (χ4n) is 4.12. The average Bonchev–Trinajstić information content (AvgIpc) is 3.12. The smallest absolute Gasteiger partial charge is 0.136 e. The molecule has 4 heterocycles. The van der Waals surface area contributed by atoms with E-state index < -0.39 is 0 Å². The normalized spacial score (nSPS) is 20.0. The summed E-state index contributed by atoms with van der Waals surface area (Å²) < 4.78 is 4.55. The molecule has 0 N–H and O–H groups in total. The predicted molar refractivity (Wildman–Crippen MR) is 92.9 cm³/mol. The monoisotopic (exact) mass is 328 g/mol. The quantitative estimate of drug-likeness (QED) is 0.863. The lowest BCUT2D eigenvalue weighted by molar-refractivity contribution is 0.208. The minimum atomic E-state index is 0.591. The third-order valence-electron chi connectivity index (χ3n) is 5.66. The van der Waals surface area contributed by atoms with Crippen LogP contribution in [-0.4, -0.2) is 48.8 Å². The number of rotatable bonds is 4. The molecule has 0 spiro atoms. The molecule has 0 amide bonds. The Labute approximate surface area is 143 Å². The molecular weight excluding hydrogens is 300 g/mol. The van der Waals surface area contributed by atoms with Crippen LogP contribution in [0.25, 0.3) is 0 Å². The maximum absolute atomic E-state index is 4.57. The van der Waals surface area contributed by atoms with E-state index in [-0.39, 0.29) is 0 Å². The van der Waals surface area contributed by atoms with Gasteiger partial charge >= 0.3 is 0 Å². The molecule has 0 atom stereocenters. The zero-order valence-electron chi connectivity index (χ0n) is 14.7. The summed E-state index contributed by atoms with van der Waals surface area (Å²) in [7, 11) is 2.07. The lowest BCUT2D eigenvalue weighted by Crippen LogP contribution is -2.35. The molecule has 130 valence electrons. The molecule has 0 bridgehead atoms. The van der Waals surface area contributed by atoms with Crippen LogP contribution in [0.3, 0.4) is 0 Å². The molecule has 24 heavy (non-hydrogen) atoms. The van der Waals surface area contributed by atoms with Crippen molar-refractivity contribution in [1.29, 1.82) is 0 Å². The zero-order chi connectivity index (χ0) is 16.4. The van der Waals surface area contributed by atoms with Gasteiger partial charge in [0.05, 0.1) is 0 Å². The Hall–Kier alpha value is -1.69. The molecule has 6 heteroatoms. The maximum Gasteiger partial charge on any atom is 0.136 e. The van der Waals surface area contributed by atoms with E-state index >= 15 is 0 Å². The number of nitrogens with zero attached hydrogens (tertiary/aromatic N) is 6. The highest BCUT2D eigenvalue weighted by molar-refractivity contribution is 5.05. The van der Waals surface area contributed by atoms with Gasteiger partial charge in [-0.2, -0.15) is 0 Å². The second-order valence-electron chi connectivity index (χ2n) is 7.26. The van der Waals surface area contributed by atoms with Crippen molar-refractivity contribution in [2.45, 2.75) is 57.4 Å². The van der Waals surface area contributed by atoms with E-state index in [9.17, 15) is 0 Å². The highest BCUT2D eigenvalue weighted by Gasteiger charge is 2.26.